The number of anilines is 2. The van der Waals surface area contributed by atoms with Gasteiger partial charge in [0, 0.05) is 65.4 Å². The molecule has 74 heavy (non-hydrogen) atoms. The highest BCUT2D eigenvalue weighted by Gasteiger charge is 2.38. The number of carbonyl (C=O) groups excluding carboxylic acids is 4. The maximum absolute atomic E-state index is 15.1. The molecule has 0 aliphatic heterocycles. The molecule has 15 nitrogen and oxygen atoms in total. The highest BCUT2D eigenvalue weighted by molar-refractivity contribution is 6.12. The molecule has 2 atom stereocenters. The summed E-state index contributed by atoms with van der Waals surface area (Å²) in [7, 11) is 4.58. The minimum atomic E-state index is -1.23. The van der Waals surface area contributed by atoms with E-state index < -0.39 is 41.3 Å². The summed E-state index contributed by atoms with van der Waals surface area (Å²) in [5.74, 6) is -0.283. The average Bonchev–Trinajstić information content (AvgIpc) is 3.88. The van der Waals surface area contributed by atoms with Gasteiger partial charge in [0.05, 0.1) is 26.9 Å². The number of aromatic amines is 1. The van der Waals surface area contributed by atoms with Gasteiger partial charge in [-0.05, 0) is 109 Å². The first-order valence-electron chi connectivity index (χ1n) is 24.3. The molecule has 0 spiro atoms. The number of carbonyl (C=O) groups is 4. The topological polar surface area (TPSA) is 181 Å². The smallest absolute Gasteiger partial charge is 0.279 e. The van der Waals surface area contributed by atoms with Crippen LogP contribution in [0.15, 0.2) is 140 Å². The number of methoxy groups -OCH3 is 3. The molecule has 7 aromatic rings. The Kier molecular flexibility index (Phi) is 16.0. The predicted molar refractivity (Wildman–Crippen MR) is 288 cm³/mol. The van der Waals surface area contributed by atoms with Gasteiger partial charge in [-0.1, -0.05) is 90.1 Å². The fourth-order valence-electron chi connectivity index (χ4n) is 8.35. The number of benzene rings is 4. The molecule has 0 aliphatic rings. The number of ether oxygens (including phenoxy) is 3. The zero-order valence-electron chi connectivity index (χ0n) is 44.2. The summed E-state index contributed by atoms with van der Waals surface area (Å²) in [5, 5.41) is 6.13. The number of aromatic nitrogens is 4. The van der Waals surface area contributed by atoms with Gasteiger partial charge in [-0.3, -0.25) is 38.9 Å². The van der Waals surface area contributed by atoms with Crippen LogP contribution in [0.25, 0.3) is 11.5 Å². The number of imidazole rings is 1. The second kappa shape index (κ2) is 22.2. The van der Waals surface area contributed by atoms with E-state index in [1.807, 2.05) is 93.6 Å². The maximum atomic E-state index is 15.1. The van der Waals surface area contributed by atoms with E-state index in [0.717, 1.165) is 16.7 Å². The summed E-state index contributed by atoms with van der Waals surface area (Å²) >= 11 is 0. The number of amides is 4. The minimum absolute atomic E-state index is 0.00830. The molecule has 7 rings (SSSR count). The third kappa shape index (κ3) is 12.5. The van der Waals surface area contributed by atoms with Gasteiger partial charge in [0.1, 0.15) is 40.7 Å². The number of nitrogens with zero attached hydrogens (tertiary/aromatic N) is 5. The molecule has 384 valence electrons. The Morgan fingerprint density at radius 3 is 1.70 bits per heavy atom. The van der Waals surface area contributed by atoms with Crippen molar-refractivity contribution in [3.05, 3.63) is 179 Å². The van der Waals surface area contributed by atoms with Crippen LogP contribution >= 0.6 is 0 Å². The van der Waals surface area contributed by atoms with E-state index >= 15 is 9.59 Å². The van der Waals surface area contributed by atoms with Gasteiger partial charge in [0.2, 0.25) is 11.8 Å². The van der Waals surface area contributed by atoms with Gasteiger partial charge >= 0.3 is 0 Å². The van der Waals surface area contributed by atoms with Gasteiger partial charge in [-0.2, -0.15) is 0 Å². The van der Waals surface area contributed by atoms with Gasteiger partial charge in [0.25, 0.3) is 11.8 Å². The molecule has 3 aromatic heterocycles. The van der Waals surface area contributed by atoms with E-state index in [9.17, 15) is 9.59 Å². The van der Waals surface area contributed by atoms with Gasteiger partial charge in [0.15, 0.2) is 5.82 Å². The summed E-state index contributed by atoms with van der Waals surface area (Å²) in [6.45, 7) is 18.4. The van der Waals surface area contributed by atoms with Crippen LogP contribution in [0.3, 0.4) is 0 Å². The van der Waals surface area contributed by atoms with Crippen LogP contribution in [-0.4, -0.2) is 70.4 Å². The van der Waals surface area contributed by atoms with E-state index in [1.165, 1.54) is 36.4 Å². The van der Waals surface area contributed by atoms with Crippen molar-refractivity contribution in [1.29, 1.82) is 0 Å². The Bertz CT molecular complexity index is 3060. The van der Waals surface area contributed by atoms with Gasteiger partial charge < -0.3 is 29.8 Å². The van der Waals surface area contributed by atoms with Crippen LogP contribution in [0.5, 0.6) is 17.2 Å². The largest absolute Gasteiger partial charge is 0.497 e. The molecule has 0 bridgehead atoms. The van der Waals surface area contributed by atoms with Crippen molar-refractivity contribution >= 4 is 35.0 Å². The van der Waals surface area contributed by atoms with Crippen molar-refractivity contribution in [2.75, 3.05) is 31.1 Å². The normalized spacial score (nSPS) is 12.5. The first-order valence-corrected chi connectivity index (χ1v) is 24.3. The Labute approximate surface area is 433 Å². The van der Waals surface area contributed by atoms with Crippen LogP contribution in [-0.2, 0) is 27.0 Å². The highest BCUT2D eigenvalue weighted by Crippen LogP contribution is 2.37. The number of pyridine rings is 2. The summed E-state index contributed by atoms with van der Waals surface area (Å²) < 4.78 is 16.5. The van der Waals surface area contributed by atoms with Crippen molar-refractivity contribution in [1.82, 2.24) is 30.6 Å². The summed E-state index contributed by atoms with van der Waals surface area (Å²) in [6, 6.07) is 31.8. The van der Waals surface area contributed by atoms with E-state index in [2.05, 4.69) is 62.1 Å². The van der Waals surface area contributed by atoms with Crippen molar-refractivity contribution in [2.45, 2.75) is 97.3 Å². The second-order valence-corrected chi connectivity index (χ2v) is 21.0. The Balaban J connectivity index is 1.28. The number of nitrogens with one attached hydrogen (secondary N) is 3. The molecule has 2 unspecified atom stereocenters. The summed E-state index contributed by atoms with van der Waals surface area (Å²) in [5.41, 5.74) is 4.21. The zero-order chi connectivity index (χ0) is 53.5. The molecule has 0 aliphatic carbocycles. The third-order valence-corrected chi connectivity index (χ3v) is 12.4. The first-order chi connectivity index (χ1) is 35.1. The van der Waals surface area contributed by atoms with Crippen LogP contribution in [0.4, 0.5) is 11.4 Å². The number of H-pyrrole nitrogens is 1. The number of hydrogen-bond acceptors (Lipinski definition) is 10. The van der Waals surface area contributed by atoms with Crippen molar-refractivity contribution < 1.29 is 33.4 Å². The Morgan fingerprint density at radius 2 is 1.19 bits per heavy atom. The third-order valence-electron chi connectivity index (χ3n) is 12.4. The van der Waals surface area contributed by atoms with Crippen LogP contribution in [0.1, 0.15) is 123 Å². The molecular formula is C59H66N8O7. The maximum Gasteiger partial charge on any atom is 0.279 e. The lowest BCUT2D eigenvalue weighted by Gasteiger charge is -2.34. The molecule has 0 fully saturated rings. The molecular weight excluding hydrogens is 933 g/mol. The number of rotatable bonds is 16. The fourth-order valence-corrected chi connectivity index (χ4v) is 8.35. The zero-order valence-corrected chi connectivity index (χ0v) is 44.2. The van der Waals surface area contributed by atoms with Crippen LogP contribution < -0.4 is 34.6 Å². The highest BCUT2D eigenvalue weighted by atomic mass is 16.5. The van der Waals surface area contributed by atoms with Gasteiger partial charge in [-0.15, -0.1) is 0 Å². The number of hydrogen-bond donors (Lipinski definition) is 3. The monoisotopic (exact) mass is 999 g/mol. The molecule has 0 saturated heterocycles. The van der Waals surface area contributed by atoms with Crippen molar-refractivity contribution in [2.24, 2.45) is 0 Å². The lowest BCUT2D eigenvalue weighted by Crippen LogP contribution is -2.49. The summed E-state index contributed by atoms with van der Waals surface area (Å²) in [6.07, 6.45) is 6.18. The van der Waals surface area contributed by atoms with Crippen LogP contribution in [0, 0.1) is 0 Å². The van der Waals surface area contributed by atoms with Crippen LogP contribution in [0.2, 0.25) is 0 Å². The average molecular weight is 999 g/mol. The SMILES string of the molecule is COc1ccc(CNC(=O)C(c2cccnc2)N(C(=O)c2c[nH]c(-c3ccc(C(C(=O)NC(C)(C)C)N(C(=O)c4ccc(OC)cc4OC)c4ccc(C(C)(C)C)cc4)cn3)n2)c2ccc(C(C)(C)C)cc2)cc1. The standard InChI is InChI=1S/C59H66N8O7/c1-57(2,3)40-18-22-42(23-19-40)66(55(70)46-29-28-45(73-11)32-49(46)74-12)51(54(69)65-59(7,8)9)39-17-30-47(61-35-39)52-62-36-48(64-52)56(71)67(43-24-20-41(21-25-43)58(4,5)6)50(38-14-13-31-60-34-38)53(68)63-33-37-15-26-44(72-10)27-16-37/h13-32,34-36,50-51H,33H2,1-12H3,(H,62,64)(H,63,68)(H,65,69). The molecule has 0 saturated carbocycles. The molecule has 4 aromatic carbocycles. The Morgan fingerprint density at radius 1 is 0.622 bits per heavy atom. The van der Waals surface area contributed by atoms with E-state index in [0.29, 0.717) is 39.7 Å². The molecule has 15 heteroatoms. The predicted octanol–water partition coefficient (Wildman–Crippen LogP) is 10.5. The van der Waals surface area contributed by atoms with Gasteiger partial charge in [-0.25, -0.2) is 4.98 Å². The lowest BCUT2D eigenvalue weighted by molar-refractivity contribution is -0.124. The van der Waals surface area contributed by atoms with Crippen molar-refractivity contribution in [3.8, 4) is 28.8 Å². The lowest BCUT2D eigenvalue weighted by atomic mass is 9.87. The summed E-state index contributed by atoms with van der Waals surface area (Å²) in [4.78, 5) is 79.4. The van der Waals surface area contributed by atoms with E-state index in [-0.39, 0.29) is 40.2 Å². The fraction of sp³-hybridized carbons (Fsp3) is 0.305. The van der Waals surface area contributed by atoms with Crippen molar-refractivity contribution in [3.63, 3.8) is 0 Å². The second-order valence-electron chi connectivity index (χ2n) is 21.0. The molecule has 0 radical (unpaired) electrons. The quantitative estimate of drug-likeness (QED) is 0.0843. The molecule has 3 N–H and O–H groups in total. The Hall–Kier alpha value is -8.33. The van der Waals surface area contributed by atoms with E-state index in [1.54, 1.807) is 62.0 Å². The van der Waals surface area contributed by atoms with E-state index in [4.69, 9.17) is 24.2 Å². The molecule has 3 heterocycles. The molecule has 4 amide bonds. The minimum Gasteiger partial charge on any atom is -0.497 e. The first kappa shape index (κ1) is 53.5.